The van der Waals surface area contributed by atoms with Gasteiger partial charge in [0.2, 0.25) is 0 Å². The van der Waals surface area contributed by atoms with Crippen molar-refractivity contribution in [2.75, 3.05) is 0 Å². The summed E-state index contributed by atoms with van der Waals surface area (Å²) in [4.78, 5) is 0.187. The summed E-state index contributed by atoms with van der Waals surface area (Å²) in [5.41, 5.74) is 5.09. The van der Waals surface area contributed by atoms with Gasteiger partial charge in [0.25, 0.3) is 0 Å². The van der Waals surface area contributed by atoms with Gasteiger partial charge < -0.3 is 4.74 Å². The van der Waals surface area contributed by atoms with Gasteiger partial charge in [-0.05, 0) is 40.5 Å². The van der Waals surface area contributed by atoms with Gasteiger partial charge in [-0.15, -0.1) is 0 Å². The molecule has 0 aliphatic carbocycles. The SMILES string of the molecule is Brc1cc(Br)cc(C(Br)c2ccc3c(c2)COC3)c1. The first-order valence-corrected chi connectivity index (χ1v) is 8.43. The highest BCUT2D eigenvalue weighted by atomic mass is 79.9. The molecule has 1 atom stereocenters. The van der Waals surface area contributed by atoms with Crippen molar-refractivity contribution < 1.29 is 4.74 Å². The second-order valence-electron chi connectivity index (χ2n) is 4.59. The normalized spacial score (nSPS) is 15.3. The molecule has 2 aromatic carbocycles. The zero-order chi connectivity index (χ0) is 13.4. The third-order valence-corrected chi connectivity index (χ3v) is 5.19. The van der Waals surface area contributed by atoms with Gasteiger partial charge >= 0.3 is 0 Å². The number of hydrogen-bond donors (Lipinski definition) is 0. The number of ether oxygens (including phenoxy) is 1. The number of halogens is 3. The van der Waals surface area contributed by atoms with Crippen LogP contribution in [0.1, 0.15) is 27.1 Å². The Hall–Kier alpha value is -0.160. The lowest BCUT2D eigenvalue weighted by molar-refractivity contribution is 0.134. The minimum Gasteiger partial charge on any atom is -0.372 e. The van der Waals surface area contributed by atoms with Crippen molar-refractivity contribution in [1.29, 1.82) is 0 Å². The van der Waals surface area contributed by atoms with E-state index in [4.69, 9.17) is 4.74 Å². The summed E-state index contributed by atoms with van der Waals surface area (Å²) < 4.78 is 7.61. The van der Waals surface area contributed by atoms with Crippen LogP contribution in [-0.2, 0) is 18.0 Å². The topological polar surface area (TPSA) is 9.23 Å². The van der Waals surface area contributed by atoms with Crippen molar-refractivity contribution in [2.24, 2.45) is 0 Å². The van der Waals surface area contributed by atoms with E-state index in [9.17, 15) is 0 Å². The van der Waals surface area contributed by atoms with E-state index in [-0.39, 0.29) is 4.83 Å². The molecule has 1 aliphatic rings. The molecule has 0 N–H and O–H groups in total. The van der Waals surface area contributed by atoms with Crippen LogP contribution in [0.4, 0.5) is 0 Å². The Labute approximate surface area is 137 Å². The van der Waals surface area contributed by atoms with E-state index in [0.29, 0.717) is 0 Å². The summed E-state index contributed by atoms with van der Waals surface area (Å²) in [7, 11) is 0. The lowest BCUT2D eigenvalue weighted by Gasteiger charge is -2.13. The first-order chi connectivity index (χ1) is 9.13. The zero-order valence-corrected chi connectivity index (χ0v) is 14.8. The number of fused-ring (bicyclic) bond motifs is 1. The van der Waals surface area contributed by atoms with Crippen molar-refractivity contribution in [3.05, 3.63) is 67.6 Å². The maximum Gasteiger partial charge on any atom is 0.0725 e. The first kappa shape index (κ1) is 13.8. The van der Waals surface area contributed by atoms with Crippen molar-refractivity contribution in [2.45, 2.75) is 18.0 Å². The van der Waals surface area contributed by atoms with Crippen LogP contribution in [0.25, 0.3) is 0 Å². The minimum absolute atomic E-state index is 0.187. The average Bonchev–Trinajstić information content (AvgIpc) is 2.83. The predicted octanol–water partition coefficient (Wildman–Crippen LogP) is 5.73. The third kappa shape index (κ3) is 2.97. The second-order valence-corrected chi connectivity index (χ2v) is 7.33. The molecule has 1 aliphatic heterocycles. The van der Waals surface area contributed by atoms with Gasteiger partial charge in [0.15, 0.2) is 0 Å². The van der Waals surface area contributed by atoms with E-state index in [0.717, 1.165) is 22.2 Å². The van der Waals surface area contributed by atoms with Gasteiger partial charge in [0, 0.05) is 8.95 Å². The van der Waals surface area contributed by atoms with Crippen molar-refractivity contribution in [3.8, 4) is 0 Å². The standard InChI is InChI=1S/C15H11Br3O/c16-13-4-11(5-14(17)6-13)15(18)9-1-2-10-7-19-8-12(10)3-9/h1-6,15H,7-8H2. The molecule has 0 bridgehead atoms. The number of rotatable bonds is 2. The molecule has 4 heteroatoms. The van der Waals surface area contributed by atoms with Gasteiger partial charge in [-0.3, -0.25) is 0 Å². The van der Waals surface area contributed by atoms with E-state index < -0.39 is 0 Å². The molecule has 0 radical (unpaired) electrons. The number of alkyl halides is 1. The summed E-state index contributed by atoms with van der Waals surface area (Å²) in [5, 5.41) is 0. The molecule has 3 rings (SSSR count). The van der Waals surface area contributed by atoms with E-state index >= 15 is 0 Å². The number of hydrogen-bond acceptors (Lipinski definition) is 1. The Kier molecular flexibility index (Phi) is 4.13. The molecule has 1 unspecified atom stereocenters. The second kappa shape index (κ2) is 5.68. The summed E-state index contributed by atoms with van der Waals surface area (Å²) >= 11 is 10.9. The molecule has 0 spiro atoms. The minimum atomic E-state index is 0.187. The molecule has 0 fully saturated rings. The highest BCUT2D eigenvalue weighted by Gasteiger charge is 2.16. The fourth-order valence-corrected chi connectivity index (χ4v) is 4.14. The van der Waals surface area contributed by atoms with Crippen molar-refractivity contribution in [1.82, 2.24) is 0 Å². The van der Waals surface area contributed by atoms with E-state index in [2.05, 4.69) is 78.1 Å². The lowest BCUT2D eigenvalue weighted by atomic mass is 10.0. The molecule has 98 valence electrons. The fourth-order valence-electron chi connectivity index (χ4n) is 2.26. The molecular weight excluding hydrogens is 436 g/mol. The summed E-state index contributed by atoms with van der Waals surface area (Å²) in [5.74, 6) is 0. The van der Waals surface area contributed by atoms with Gasteiger partial charge in [-0.25, -0.2) is 0 Å². The number of benzene rings is 2. The summed E-state index contributed by atoms with van der Waals surface area (Å²) in [6, 6.07) is 12.9. The first-order valence-electron chi connectivity index (χ1n) is 5.93. The van der Waals surface area contributed by atoms with Gasteiger partial charge in [-0.1, -0.05) is 66.0 Å². The van der Waals surface area contributed by atoms with Crippen LogP contribution < -0.4 is 0 Å². The molecule has 1 nitrogen and oxygen atoms in total. The van der Waals surface area contributed by atoms with E-state index in [1.807, 2.05) is 6.07 Å². The smallest absolute Gasteiger partial charge is 0.0725 e. The Bertz CT molecular complexity index is 605. The van der Waals surface area contributed by atoms with Gasteiger partial charge in [0.05, 0.1) is 18.0 Å². The quantitative estimate of drug-likeness (QED) is 0.535. The average molecular weight is 447 g/mol. The Morgan fingerprint density at radius 2 is 1.53 bits per heavy atom. The Balaban J connectivity index is 1.97. The predicted molar refractivity (Wildman–Crippen MR) is 87.5 cm³/mol. The van der Waals surface area contributed by atoms with Crippen LogP contribution in [0.15, 0.2) is 45.3 Å². The molecular formula is C15H11Br3O. The molecule has 0 aromatic heterocycles. The summed E-state index contributed by atoms with van der Waals surface area (Å²) in [6.07, 6.45) is 0. The fraction of sp³-hybridized carbons (Fsp3) is 0.200. The Morgan fingerprint density at radius 1 is 0.842 bits per heavy atom. The molecule has 1 heterocycles. The lowest BCUT2D eigenvalue weighted by Crippen LogP contribution is -1.95. The maximum atomic E-state index is 5.46. The molecule has 0 saturated carbocycles. The highest BCUT2D eigenvalue weighted by Crippen LogP contribution is 2.35. The molecule has 0 saturated heterocycles. The molecule has 2 aromatic rings. The van der Waals surface area contributed by atoms with Crippen LogP contribution in [-0.4, -0.2) is 0 Å². The Morgan fingerprint density at radius 3 is 2.26 bits per heavy atom. The summed E-state index contributed by atoms with van der Waals surface area (Å²) in [6.45, 7) is 1.47. The van der Waals surface area contributed by atoms with Gasteiger partial charge in [-0.2, -0.15) is 0 Å². The van der Waals surface area contributed by atoms with E-state index in [1.165, 1.54) is 22.3 Å². The maximum absolute atomic E-state index is 5.46. The van der Waals surface area contributed by atoms with Crippen molar-refractivity contribution >= 4 is 47.8 Å². The van der Waals surface area contributed by atoms with Gasteiger partial charge in [0.1, 0.15) is 0 Å². The van der Waals surface area contributed by atoms with Crippen LogP contribution >= 0.6 is 47.8 Å². The third-order valence-electron chi connectivity index (χ3n) is 3.22. The van der Waals surface area contributed by atoms with Crippen LogP contribution in [0.3, 0.4) is 0 Å². The molecule has 19 heavy (non-hydrogen) atoms. The monoisotopic (exact) mass is 444 g/mol. The molecule has 0 amide bonds. The highest BCUT2D eigenvalue weighted by molar-refractivity contribution is 9.11. The van der Waals surface area contributed by atoms with Crippen LogP contribution in [0, 0.1) is 0 Å². The van der Waals surface area contributed by atoms with E-state index in [1.54, 1.807) is 0 Å². The zero-order valence-electron chi connectivity index (χ0n) is 10.00. The van der Waals surface area contributed by atoms with Crippen LogP contribution in [0.5, 0.6) is 0 Å². The van der Waals surface area contributed by atoms with Crippen molar-refractivity contribution in [3.63, 3.8) is 0 Å². The largest absolute Gasteiger partial charge is 0.372 e. The van der Waals surface area contributed by atoms with Crippen LogP contribution in [0.2, 0.25) is 0 Å².